The average Bonchev–Trinajstić information content (AvgIpc) is 2.91. The molecule has 0 spiro atoms. The predicted octanol–water partition coefficient (Wildman–Crippen LogP) is 4.88. The molecule has 0 aromatic heterocycles. The van der Waals surface area contributed by atoms with Crippen LogP contribution in [0.15, 0.2) is 42.0 Å². The zero-order valence-electron chi connectivity index (χ0n) is 17.0. The van der Waals surface area contributed by atoms with Crippen LogP contribution in [0.5, 0.6) is 5.75 Å². The largest absolute Gasteiger partial charge is 0.496 e. The van der Waals surface area contributed by atoms with Gasteiger partial charge in [0.25, 0.3) is 0 Å². The number of hydrogen-bond donors (Lipinski definition) is 0. The Morgan fingerprint density at radius 2 is 1.71 bits per heavy atom. The van der Waals surface area contributed by atoms with Crippen LogP contribution in [0.4, 0.5) is 5.69 Å². The summed E-state index contributed by atoms with van der Waals surface area (Å²) in [5, 5.41) is 0. The number of Topliss-reactive ketones (excluding diaryl/α,β-unsaturated/α-hetero) is 2. The molecule has 4 rings (SSSR count). The number of benzene rings is 2. The van der Waals surface area contributed by atoms with Crippen molar-refractivity contribution in [3.8, 4) is 5.75 Å². The Balaban J connectivity index is 1.84. The summed E-state index contributed by atoms with van der Waals surface area (Å²) >= 11 is 0. The zero-order chi connectivity index (χ0) is 20.2. The van der Waals surface area contributed by atoms with E-state index in [1.807, 2.05) is 6.07 Å². The van der Waals surface area contributed by atoms with E-state index in [4.69, 9.17) is 4.74 Å². The molecule has 4 nitrogen and oxygen atoms in total. The average molecular weight is 375 g/mol. The molecule has 144 valence electrons. The summed E-state index contributed by atoms with van der Waals surface area (Å²) in [5.41, 5.74) is 4.33. The van der Waals surface area contributed by atoms with Gasteiger partial charge in [-0.1, -0.05) is 31.2 Å². The number of carbonyl (C=O) groups is 2. The fourth-order valence-electron chi connectivity index (χ4n) is 4.46. The maximum absolute atomic E-state index is 12.8. The Labute approximate surface area is 165 Å². The van der Waals surface area contributed by atoms with Gasteiger partial charge in [-0.2, -0.15) is 0 Å². The third-order valence-corrected chi connectivity index (χ3v) is 6.19. The first-order chi connectivity index (χ1) is 13.2. The van der Waals surface area contributed by atoms with E-state index in [1.54, 1.807) is 37.5 Å². The highest BCUT2D eigenvalue weighted by Gasteiger charge is 2.36. The minimum absolute atomic E-state index is 0.0520. The third kappa shape index (κ3) is 2.67. The lowest BCUT2D eigenvalue weighted by atomic mass is 9.79. The summed E-state index contributed by atoms with van der Waals surface area (Å²) in [7, 11) is 3.72. The van der Waals surface area contributed by atoms with E-state index in [2.05, 4.69) is 38.8 Å². The van der Waals surface area contributed by atoms with Crippen LogP contribution in [0.2, 0.25) is 0 Å². The lowest BCUT2D eigenvalue weighted by Gasteiger charge is -2.45. The monoisotopic (exact) mass is 375 g/mol. The van der Waals surface area contributed by atoms with Gasteiger partial charge in [0.05, 0.1) is 12.7 Å². The van der Waals surface area contributed by atoms with Gasteiger partial charge < -0.3 is 9.64 Å². The van der Waals surface area contributed by atoms with Gasteiger partial charge >= 0.3 is 0 Å². The number of anilines is 1. The first-order valence-electron chi connectivity index (χ1n) is 9.60. The Morgan fingerprint density at radius 1 is 1.11 bits per heavy atom. The van der Waals surface area contributed by atoms with E-state index in [-0.39, 0.29) is 22.7 Å². The van der Waals surface area contributed by atoms with Crippen molar-refractivity contribution in [3.63, 3.8) is 0 Å². The van der Waals surface area contributed by atoms with E-state index in [0.717, 1.165) is 17.7 Å². The molecular formula is C24H25NO3. The van der Waals surface area contributed by atoms with Gasteiger partial charge in [0.1, 0.15) is 5.75 Å². The van der Waals surface area contributed by atoms with Crippen molar-refractivity contribution in [1.82, 2.24) is 0 Å². The van der Waals surface area contributed by atoms with Crippen LogP contribution >= 0.6 is 0 Å². The molecule has 0 fully saturated rings. The van der Waals surface area contributed by atoms with Gasteiger partial charge in [-0.3, -0.25) is 9.59 Å². The Morgan fingerprint density at radius 3 is 2.29 bits per heavy atom. The maximum atomic E-state index is 12.8. The van der Waals surface area contributed by atoms with Crippen LogP contribution in [0.3, 0.4) is 0 Å². The second-order valence-electron chi connectivity index (χ2n) is 8.39. The lowest BCUT2D eigenvalue weighted by Crippen LogP contribution is -2.45. The van der Waals surface area contributed by atoms with Crippen molar-refractivity contribution >= 4 is 23.3 Å². The topological polar surface area (TPSA) is 46.6 Å². The van der Waals surface area contributed by atoms with E-state index in [0.29, 0.717) is 22.8 Å². The molecule has 1 unspecified atom stereocenters. The van der Waals surface area contributed by atoms with Crippen LogP contribution in [0.1, 0.15) is 65.0 Å². The van der Waals surface area contributed by atoms with Crippen molar-refractivity contribution in [1.29, 1.82) is 0 Å². The number of rotatable bonds is 2. The molecule has 0 bridgehead atoms. The highest BCUT2D eigenvalue weighted by Crippen LogP contribution is 2.45. The van der Waals surface area contributed by atoms with E-state index in [9.17, 15) is 9.59 Å². The summed E-state index contributed by atoms with van der Waals surface area (Å²) in [4.78, 5) is 27.8. The molecule has 0 saturated heterocycles. The third-order valence-electron chi connectivity index (χ3n) is 6.19. The molecule has 2 aliphatic rings. The first-order valence-corrected chi connectivity index (χ1v) is 9.60. The van der Waals surface area contributed by atoms with Crippen molar-refractivity contribution in [2.45, 2.75) is 38.6 Å². The van der Waals surface area contributed by atoms with Crippen molar-refractivity contribution < 1.29 is 14.3 Å². The molecule has 0 radical (unpaired) electrons. The fourth-order valence-corrected chi connectivity index (χ4v) is 4.46. The van der Waals surface area contributed by atoms with E-state index in [1.165, 1.54) is 5.56 Å². The molecule has 1 aliphatic carbocycles. The normalized spacial score (nSPS) is 20.1. The Kier molecular flexibility index (Phi) is 4.18. The summed E-state index contributed by atoms with van der Waals surface area (Å²) in [5.74, 6) is 0.606. The molecule has 4 heteroatoms. The number of methoxy groups -OCH3 is 1. The molecule has 2 aromatic carbocycles. The Bertz CT molecular complexity index is 995. The minimum atomic E-state index is -0.216. The number of fused-ring (bicyclic) bond motifs is 2. The van der Waals surface area contributed by atoms with Gasteiger partial charge in [0, 0.05) is 41.0 Å². The summed E-state index contributed by atoms with van der Waals surface area (Å²) in [6.07, 6.45) is 2.72. The molecule has 0 amide bonds. The summed E-state index contributed by atoms with van der Waals surface area (Å²) in [6.45, 7) is 6.70. The molecular weight excluding hydrogens is 350 g/mol. The number of carbonyl (C=O) groups excluding carboxylic acids is 2. The van der Waals surface area contributed by atoms with Crippen LogP contribution in [0.25, 0.3) is 6.08 Å². The summed E-state index contributed by atoms with van der Waals surface area (Å²) < 4.78 is 5.63. The summed E-state index contributed by atoms with van der Waals surface area (Å²) in [6, 6.07) is 11.1. The van der Waals surface area contributed by atoms with Crippen molar-refractivity contribution in [2.75, 3.05) is 19.1 Å². The van der Waals surface area contributed by atoms with E-state index >= 15 is 0 Å². The predicted molar refractivity (Wildman–Crippen MR) is 112 cm³/mol. The van der Waals surface area contributed by atoms with Gasteiger partial charge in [-0.05, 0) is 43.9 Å². The molecule has 0 saturated carbocycles. The first kappa shape index (κ1) is 18.5. The molecule has 1 aliphatic heterocycles. The zero-order valence-corrected chi connectivity index (χ0v) is 17.0. The second kappa shape index (κ2) is 6.33. The highest BCUT2D eigenvalue weighted by atomic mass is 16.5. The number of hydrogen-bond acceptors (Lipinski definition) is 4. The SMILES string of the molecule is COc1cc2c(cc1C=C1C(=O)c3ccccc3C1=O)C(C)CC(C)(C)N2C. The molecule has 1 atom stereocenters. The fraction of sp³-hybridized carbons (Fsp3) is 0.333. The second-order valence-corrected chi connectivity index (χ2v) is 8.39. The molecule has 0 N–H and O–H groups in total. The standard InChI is InChI=1S/C24H25NO3/c1-14-13-24(2,3)25(4)20-12-21(28-5)15(10-18(14)20)11-19-22(26)16-8-6-7-9-17(16)23(19)27/h6-12,14H,13H2,1-5H3. The van der Waals surface area contributed by atoms with Crippen LogP contribution < -0.4 is 9.64 Å². The molecule has 1 heterocycles. The van der Waals surface area contributed by atoms with Crippen molar-refractivity contribution in [2.24, 2.45) is 0 Å². The smallest absolute Gasteiger partial charge is 0.197 e. The van der Waals surface area contributed by atoms with Gasteiger partial charge in [-0.15, -0.1) is 0 Å². The van der Waals surface area contributed by atoms with Crippen LogP contribution in [-0.2, 0) is 0 Å². The van der Waals surface area contributed by atoms with Gasteiger partial charge in [0.15, 0.2) is 11.6 Å². The van der Waals surface area contributed by atoms with E-state index < -0.39 is 0 Å². The lowest BCUT2D eigenvalue weighted by molar-refractivity contribution is 0.0990. The van der Waals surface area contributed by atoms with Crippen LogP contribution in [0, 0.1) is 0 Å². The number of ketones is 2. The van der Waals surface area contributed by atoms with Crippen molar-refractivity contribution in [3.05, 3.63) is 64.2 Å². The number of allylic oxidation sites excluding steroid dienone is 1. The highest BCUT2D eigenvalue weighted by molar-refractivity contribution is 6.41. The van der Waals surface area contributed by atoms with Crippen LogP contribution in [-0.4, -0.2) is 31.3 Å². The number of nitrogens with zero attached hydrogens (tertiary/aromatic N) is 1. The molecule has 28 heavy (non-hydrogen) atoms. The quantitative estimate of drug-likeness (QED) is 0.554. The Hall–Kier alpha value is -2.88. The minimum Gasteiger partial charge on any atom is -0.496 e. The molecule has 2 aromatic rings. The maximum Gasteiger partial charge on any atom is 0.197 e. The van der Waals surface area contributed by atoms with Gasteiger partial charge in [0.2, 0.25) is 0 Å². The van der Waals surface area contributed by atoms with Gasteiger partial charge in [-0.25, -0.2) is 0 Å². The number of ether oxygens (including phenoxy) is 1.